The number of nitrogens with one attached hydrogen (secondary N) is 3. The van der Waals surface area contributed by atoms with Crippen molar-refractivity contribution >= 4 is 16.9 Å². The molecule has 0 fully saturated rings. The maximum absolute atomic E-state index is 3.67. The molecule has 3 heterocycles. The number of aryl methyl sites for hydroxylation is 1. The molecule has 6 rings (SSSR count). The molecule has 3 heteroatoms. The molecule has 2 aromatic rings. The lowest BCUT2D eigenvalue weighted by Gasteiger charge is -2.04. The topological polar surface area (TPSA) is 45.5 Å². The van der Waals surface area contributed by atoms with Crippen LogP contribution in [0.5, 0.6) is 0 Å². The van der Waals surface area contributed by atoms with E-state index in [2.05, 4.69) is 102 Å². The molecule has 2 aromatic heterocycles. The second-order valence-corrected chi connectivity index (χ2v) is 9.31. The van der Waals surface area contributed by atoms with Gasteiger partial charge in [0.1, 0.15) is 0 Å². The molecule has 1 aliphatic heterocycles. The minimum absolute atomic E-state index is 0.445. The van der Waals surface area contributed by atoms with Crippen LogP contribution in [0.1, 0.15) is 54.9 Å². The largest absolute Gasteiger partial charge is 0.362 e. The maximum Gasteiger partial charge on any atom is 0.207 e. The quantitative estimate of drug-likeness (QED) is 0.612. The zero-order valence-electron chi connectivity index (χ0n) is 18.6. The minimum atomic E-state index is 0.445. The fourth-order valence-corrected chi connectivity index (χ4v) is 5.04. The first-order chi connectivity index (χ1) is 15.6. The van der Waals surface area contributed by atoms with Gasteiger partial charge < -0.3 is 9.97 Å². The van der Waals surface area contributed by atoms with Crippen molar-refractivity contribution in [3.8, 4) is 0 Å². The van der Waals surface area contributed by atoms with Crippen LogP contribution in [0, 0.1) is 6.92 Å². The van der Waals surface area contributed by atoms with E-state index in [1.807, 2.05) is 0 Å². The molecule has 1 atom stereocenters. The molecule has 0 saturated heterocycles. The van der Waals surface area contributed by atoms with Crippen LogP contribution in [0.15, 0.2) is 95.3 Å². The van der Waals surface area contributed by atoms with Crippen molar-refractivity contribution in [3.63, 3.8) is 0 Å². The van der Waals surface area contributed by atoms with E-state index in [9.17, 15) is 0 Å². The van der Waals surface area contributed by atoms with Gasteiger partial charge in [0.2, 0.25) is 11.4 Å². The lowest BCUT2D eigenvalue weighted by molar-refractivity contribution is -0.386. The predicted octanol–water partition coefficient (Wildman–Crippen LogP) is 5.19. The number of H-pyrrole nitrogens is 2. The van der Waals surface area contributed by atoms with E-state index >= 15 is 0 Å². The van der Waals surface area contributed by atoms with Gasteiger partial charge in [-0.25, -0.2) is 4.99 Å². The Morgan fingerprint density at radius 2 is 1.56 bits per heavy atom. The molecule has 0 aromatic carbocycles. The van der Waals surface area contributed by atoms with E-state index in [-0.39, 0.29) is 0 Å². The highest BCUT2D eigenvalue weighted by molar-refractivity contribution is 6.08. The van der Waals surface area contributed by atoms with Crippen LogP contribution < -0.4 is 4.99 Å². The van der Waals surface area contributed by atoms with Crippen LogP contribution in [0.2, 0.25) is 0 Å². The van der Waals surface area contributed by atoms with Crippen LogP contribution in [0.3, 0.4) is 0 Å². The summed E-state index contributed by atoms with van der Waals surface area (Å²) >= 11 is 0. The van der Waals surface area contributed by atoms with E-state index < -0.39 is 0 Å². The number of hydrogen-bond acceptors (Lipinski definition) is 0. The first kappa shape index (κ1) is 19.1. The minimum Gasteiger partial charge on any atom is -0.362 e. The molecule has 0 spiro atoms. The average molecular weight is 419 g/mol. The Bertz CT molecular complexity index is 1350. The molecule has 0 radical (unpaired) electrons. The van der Waals surface area contributed by atoms with E-state index in [1.165, 1.54) is 62.0 Å². The van der Waals surface area contributed by atoms with Crippen molar-refractivity contribution in [2.75, 3.05) is 0 Å². The molecule has 0 saturated carbocycles. The summed E-state index contributed by atoms with van der Waals surface area (Å²) in [5, 5.41) is 0. The summed E-state index contributed by atoms with van der Waals surface area (Å²) in [5.74, 6) is 0.445. The summed E-state index contributed by atoms with van der Waals surface area (Å²) in [5.41, 5.74) is 14.3. The van der Waals surface area contributed by atoms with Gasteiger partial charge in [-0.15, -0.1) is 0 Å². The highest BCUT2D eigenvalue weighted by atomic mass is 14.8. The number of hydrogen-bond donors (Lipinski definition) is 3. The molecule has 3 aliphatic carbocycles. The lowest BCUT2D eigenvalue weighted by Crippen LogP contribution is -2.68. The Balaban J connectivity index is 1.13. The van der Waals surface area contributed by atoms with Crippen molar-refractivity contribution < 1.29 is 4.99 Å². The third-order valence-corrected chi connectivity index (χ3v) is 6.88. The predicted molar refractivity (Wildman–Crippen MR) is 132 cm³/mol. The van der Waals surface area contributed by atoms with Crippen molar-refractivity contribution in [2.45, 2.75) is 39.0 Å². The molecular weight excluding hydrogens is 390 g/mol. The van der Waals surface area contributed by atoms with E-state index in [1.54, 1.807) is 0 Å². The van der Waals surface area contributed by atoms with Gasteiger partial charge in [-0.05, 0) is 62.1 Å². The Hall–Kier alpha value is -3.59. The lowest BCUT2D eigenvalue weighted by atomic mass is 10.0. The summed E-state index contributed by atoms with van der Waals surface area (Å²) in [7, 11) is 0. The maximum atomic E-state index is 3.67. The molecule has 158 valence electrons. The highest BCUT2D eigenvalue weighted by Gasteiger charge is 2.26. The number of aromatic amines is 2. The van der Waals surface area contributed by atoms with Gasteiger partial charge in [-0.3, -0.25) is 0 Å². The van der Waals surface area contributed by atoms with Gasteiger partial charge in [-0.2, -0.15) is 0 Å². The zero-order chi connectivity index (χ0) is 21.7. The van der Waals surface area contributed by atoms with Crippen molar-refractivity contribution in [1.82, 2.24) is 9.97 Å². The molecule has 32 heavy (non-hydrogen) atoms. The van der Waals surface area contributed by atoms with Crippen LogP contribution in [0.25, 0.3) is 11.1 Å². The Morgan fingerprint density at radius 3 is 2.31 bits per heavy atom. The number of rotatable bonds is 4. The third kappa shape index (κ3) is 3.44. The Kier molecular flexibility index (Phi) is 4.50. The standard InChI is InChI=1S/C29H27N3/c1-18-3-5-20(15-18)26-11-12-27(31-26)23-8-9-24(17-23)29-14-13-28(32-29)22-7-6-21(16-22)25-10-4-19(2)30-25/h3-14,21,30-31H,15-17H2,1-2H3/p+1. The van der Waals surface area contributed by atoms with Crippen LogP contribution in [0.4, 0.5) is 0 Å². The first-order valence-electron chi connectivity index (χ1n) is 11.5. The SMILES string of the molecule is CC1=CC=C(c2ccc(C3=CC=C(C4=[NH+]C(=C5C=CC(c6ccc(C)[nH]6)C5)C=C4)C3)[nH]2)C1. The first-order valence-corrected chi connectivity index (χ1v) is 11.5. The Morgan fingerprint density at radius 1 is 0.781 bits per heavy atom. The second-order valence-electron chi connectivity index (χ2n) is 9.31. The average Bonchev–Trinajstić information content (AvgIpc) is 3.61. The van der Waals surface area contributed by atoms with Gasteiger partial charge >= 0.3 is 0 Å². The zero-order valence-corrected chi connectivity index (χ0v) is 18.6. The summed E-state index contributed by atoms with van der Waals surface area (Å²) in [6.07, 6.45) is 21.0. The summed E-state index contributed by atoms with van der Waals surface area (Å²) in [6.45, 7) is 4.30. The molecule has 1 unspecified atom stereocenters. The van der Waals surface area contributed by atoms with Crippen LogP contribution in [-0.4, -0.2) is 15.7 Å². The molecule has 3 nitrogen and oxygen atoms in total. The van der Waals surface area contributed by atoms with Crippen LogP contribution in [-0.2, 0) is 0 Å². The van der Waals surface area contributed by atoms with Gasteiger partial charge in [0.25, 0.3) is 0 Å². The summed E-state index contributed by atoms with van der Waals surface area (Å²) in [4.78, 5) is 10.8. The Labute approximate surface area is 189 Å². The van der Waals surface area contributed by atoms with Gasteiger partial charge in [0.05, 0.1) is 0 Å². The van der Waals surface area contributed by atoms with Crippen LogP contribution >= 0.6 is 0 Å². The van der Waals surface area contributed by atoms with E-state index in [4.69, 9.17) is 0 Å². The van der Waals surface area contributed by atoms with Crippen molar-refractivity contribution in [2.24, 2.45) is 0 Å². The number of allylic oxidation sites excluding steroid dienone is 13. The molecule has 0 amide bonds. The number of aromatic nitrogens is 2. The molecule has 3 N–H and O–H groups in total. The fraction of sp³-hybridized carbons (Fsp3) is 0.207. The molecule has 4 aliphatic rings. The molecule has 0 bridgehead atoms. The van der Waals surface area contributed by atoms with Gasteiger partial charge in [0, 0.05) is 58.4 Å². The summed E-state index contributed by atoms with van der Waals surface area (Å²) < 4.78 is 0. The normalized spacial score (nSPS) is 24.2. The summed E-state index contributed by atoms with van der Waals surface area (Å²) in [6, 6.07) is 8.79. The highest BCUT2D eigenvalue weighted by Crippen LogP contribution is 2.34. The van der Waals surface area contributed by atoms with Crippen molar-refractivity contribution in [1.29, 1.82) is 0 Å². The van der Waals surface area contributed by atoms with E-state index in [0.29, 0.717) is 5.92 Å². The smallest absolute Gasteiger partial charge is 0.207 e. The molecular formula is C29H28N3+. The van der Waals surface area contributed by atoms with Gasteiger partial charge in [0.15, 0.2) is 0 Å². The monoisotopic (exact) mass is 418 g/mol. The van der Waals surface area contributed by atoms with E-state index in [0.717, 1.165) is 19.3 Å². The second kappa shape index (κ2) is 7.52. The fourth-order valence-electron chi connectivity index (χ4n) is 5.04. The third-order valence-electron chi connectivity index (χ3n) is 6.88. The van der Waals surface area contributed by atoms with Crippen molar-refractivity contribution in [3.05, 3.63) is 118 Å². The van der Waals surface area contributed by atoms with Gasteiger partial charge in [-0.1, -0.05) is 42.0 Å².